The lowest BCUT2D eigenvalue weighted by Gasteiger charge is -2.09. The topological polar surface area (TPSA) is 42.2 Å². The molecule has 0 bridgehead atoms. The van der Waals surface area contributed by atoms with Gasteiger partial charge in [-0.2, -0.15) is 0 Å². The van der Waals surface area contributed by atoms with Crippen LogP contribution < -0.4 is 5.32 Å². The number of carbonyl (C=O) groups is 1. The van der Waals surface area contributed by atoms with E-state index in [1.165, 1.54) is 25.0 Å². The molecule has 0 saturated heterocycles. The van der Waals surface area contributed by atoms with Crippen molar-refractivity contribution in [2.45, 2.75) is 31.7 Å². The third-order valence-electron chi connectivity index (χ3n) is 3.66. The van der Waals surface area contributed by atoms with Crippen molar-refractivity contribution < 1.29 is 13.6 Å². The Morgan fingerprint density at radius 3 is 2.89 bits per heavy atom. The zero-order chi connectivity index (χ0) is 13.2. The van der Waals surface area contributed by atoms with Crippen LogP contribution in [-0.4, -0.2) is 18.4 Å². The Labute approximate surface area is 110 Å². The maximum absolute atomic E-state index is 13.1. The van der Waals surface area contributed by atoms with Gasteiger partial charge in [-0.1, -0.05) is 12.8 Å². The van der Waals surface area contributed by atoms with Crippen LogP contribution in [0.25, 0.3) is 11.0 Å². The lowest BCUT2D eigenvalue weighted by Crippen LogP contribution is -2.31. The van der Waals surface area contributed by atoms with E-state index in [-0.39, 0.29) is 18.1 Å². The van der Waals surface area contributed by atoms with Gasteiger partial charge in [-0.05, 0) is 37.1 Å². The predicted molar refractivity (Wildman–Crippen MR) is 70.8 cm³/mol. The van der Waals surface area contributed by atoms with Crippen molar-refractivity contribution in [1.82, 2.24) is 5.32 Å². The number of halogens is 1. The molecule has 0 atom stereocenters. The standard InChI is InChI=1S/C15H16FNO2/c16-11-5-6-14-10(7-11)8-15(19-14)13(18)9-17-12-3-1-2-4-12/h5-8,12,17H,1-4,9H2. The van der Waals surface area contributed by atoms with Gasteiger partial charge in [0.05, 0.1) is 6.54 Å². The first-order valence-corrected chi connectivity index (χ1v) is 6.68. The molecule has 1 saturated carbocycles. The van der Waals surface area contributed by atoms with E-state index in [1.54, 1.807) is 12.1 Å². The maximum atomic E-state index is 13.1. The van der Waals surface area contributed by atoms with Crippen LogP contribution in [0.2, 0.25) is 0 Å². The molecule has 1 aliphatic rings. The summed E-state index contributed by atoms with van der Waals surface area (Å²) in [7, 11) is 0. The van der Waals surface area contributed by atoms with Gasteiger partial charge < -0.3 is 9.73 Å². The minimum Gasteiger partial charge on any atom is -0.453 e. The van der Waals surface area contributed by atoms with Gasteiger partial charge in [-0.3, -0.25) is 4.79 Å². The summed E-state index contributed by atoms with van der Waals surface area (Å²) in [5.74, 6) is -0.106. The first-order valence-electron chi connectivity index (χ1n) is 6.68. The summed E-state index contributed by atoms with van der Waals surface area (Å²) in [6.45, 7) is 0.285. The highest BCUT2D eigenvalue weighted by Gasteiger charge is 2.17. The summed E-state index contributed by atoms with van der Waals surface area (Å²) in [6.07, 6.45) is 4.74. The summed E-state index contributed by atoms with van der Waals surface area (Å²) >= 11 is 0. The van der Waals surface area contributed by atoms with Crippen LogP contribution in [0.4, 0.5) is 4.39 Å². The average molecular weight is 261 g/mol. The Hall–Kier alpha value is -1.68. The average Bonchev–Trinajstić information content (AvgIpc) is 3.04. The van der Waals surface area contributed by atoms with Gasteiger partial charge in [0, 0.05) is 11.4 Å². The van der Waals surface area contributed by atoms with Crippen LogP contribution in [0.5, 0.6) is 0 Å². The highest BCUT2D eigenvalue weighted by Crippen LogP contribution is 2.21. The Morgan fingerprint density at radius 2 is 2.11 bits per heavy atom. The Balaban J connectivity index is 1.70. The summed E-state index contributed by atoms with van der Waals surface area (Å²) < 4.78 is 18.5. The van der Waals surface area contributed by atoms with E-state index in [1.807, 2.05) is 0 Å². The molecule has 0 spiro atoms. The summed E-state index contributed by atoms with van der Waals surface area (Å²) in [5.41, 5.74) is 0.547. The van der Waals surface area contributed by atoms with Gasteiger partial charge in [-0.25, -0.2) is 4.39 Å². The second kappa shape index (κ2) is 5.13. The van der Waals surface area contributed by atoms with Crippen molar-refractivity contribution in [2.24, 2.45) is 0 Å². The van der Waals surface area contributed by atoms with Crippen molar-refractivity contribution in [2.75, 3.05) is 6.54 Å². The third kappa shape index (κ3) is 2.68. The van der Waals surface area contributed by atoms with Crippen LogP contribution in [0.1, 0.15) is 36.2 Å². The van der Waals surface area contributed by atoms with E-state index < -0.39 is 0 Å². The van der Waals surface area contributed by atoms with E-state index in [4.69, 9.17) is 4.42 Å². The molecule has 0 amide bonds. The van der Waals surface area contributed by atoms with Gasteiger partial charge in [0.1, 0.15) is 11.4 Å². The summed E-state index contributed by atoms with van der Waals surface area (Å²) in [6, 6.07) is 6.31. The minimum atomic E-state index is -0.323. The van der Waals surface area contributed by atoms with Gasteiger partial charge in [0.2, 0.25) is 5.78 Å². The van der Waals surface area contributed by atoms with Gasteiger partial charge in [0.15, 0.2) is 5.76 Å². The quantitative estimate of drug-likeness (QED) is 0.859. The van der Waals surface area contributed by atoms with Crippen molar-refractivity contribution in [1.29, 1.82) is 0 Å². The highest BCUT2D eigenvalue weighted by atomic mass is 19.1. The van der Waals surface area contributed by atoms with E-state index in [2.05, 4.69) is 5.32 Å². The zero-order valence-corrected chi connectivity index (χ0v) is 10.6. The Morgan fingerprint density at radius 1 is 1.32 bits per heavy atom. The molecular formula is C15H16FNO2. The number of ketones is 1. The number of benzene rings is 1. The first kappa shape index (κ1) is 12.4. The van der Waals surface area contributed by atoms with Gasteiger partial charge >= 0.3 is 0 Å². The molecule has 1 fully saturated rings. The number of furan rings is 1. The normalized spacial score (nSPS) is 16.3. The molecule has 0 radical (unpaired) electrons. The lowest BCUT2D eigenvalue weighted by atomic mass is 10.2. The molecule has 0 unspecified atom stereocenters. The largest absolute Gasteiger partial charge is 0.453 e. The van der Waals surface area contributed by atoms with Crippen LogP contribution in [0.15, 0.2) is 28.7 Å². The predicted octanol–water partition coefficient (Wildman–Crippen LogP) is 3.29. The number of hydrogen-bond donors (Lipinski definition) is 1. The number of carbonyl (C=O) groups excluding carboxylic acids is 1. The van der Waals surface area contributed by atoms with Gasteiger partial charge in [-0.15, -0.1) is 0 Å². The van der Waals surface area contributed by atoms with Crippen molar-refractivity contribution in [3.63, 3.8) is 0 Å². The fourth-order valence-corrected chi connectivity index (χ4v) is 2.61. The molecule has 1 N–H and O–H groups in total. The molecule has 4 heteroatoms. The number of hydrogen-bond acceptors (Lipinski definition) is 3. The zero-order valence-electron chi connectivity index (χ0n) is 10.6. The maximum Gasteiger partial charge on any atom is 0.211 e. The third-order valence-corrected chi connectivity index (χ3v) is 3.66. The number of rotatable bonds is 4. The molecule has 2 aromatic rings. The molecule has 1 aliphatic carbocycles. The van der Waals surface area contributed by atoms with Crippen molar-refractivity contribution >= 4 is 16.8 Å². The van der Waals surface area contributed by atoms with E-state index >= 15 is 0 Å². The fraction of sp³-hybridized carbons (Fsp3) is 0.400. The number of fused-ring (bicyclic) bond motifs is 1. The van der Waals surface area contributed by atoms with Crippen LogP contribution in [0, 0.1) is 5.82 Å². The molecule has 1 aromatic heterocycles. The second-order valence-corrected chi connectivity index (χ2v) is 5.08. The molecule has 3 rings (SSSR count). The van der Waals surface area contributed by atoms with E-state index in [0.29, 0.717) is 22.8 Å². The molecular weight excluding hydrogens is 245 g/mol. The molecule has 1 heterocycles. The molecule has 1 aromatic carbocycles. The molecule has 0 aliphatic heterocycles. The highest BCUT2D eigenvalue weighted by molar-refractivity contribution is 5.98. The smallest absolute Gasteiger partial charge is 0.211 e. The SMILES string of the molecule is O=C(CNC1CCCC1)c1cc2cc(F)ccc2o1. The Kier molecular flexibility index (Phi) is 3.34. The first-order chi connectivity index (χ1) is 9.22. The lowest BCUT2D eigenvalue weighted by molar-refractivity contribution is 0.0963. The number of nitrogens with one attached hydrogen (secondary N) is 1. The fourth-order valence-electron chi connectivity index (χ4n) is 2.61. The summed E-state index contributed by atoms with van der Waals surface area (Å²) in [5, 5.41) is 3.88. The monoisotopic (exact) mass is 261 g/mol. The molecule has 3 nitrogen and oxygen atoms in total. The van der Waals surface area contributed by atoms with E-state index in [0.717, 1.165) is 12.8 Å². The van der Waals surface area contributed by atoms with Crippen LogP contribution in [-0.2, 0) is 0 Å². The molecule has 19 heavy (non-hydrogen) atoms. The Bertz CT molecular complexity index is 599. The van der Waals surface area contributed by atoms with Crippen LogP contribution >= 0.6 is 0 Å². The van der Waals surface area contributed by atoms with E-state index in [9.17, 15) is 9.18 Å². The summed E-state index contributed by atoms with van der Waals surface area (Å²) in [4.78, 5) is 12.0. The second-order valence-electron chi connectivity index (χ2n) is 5.08. The molecule has 100 valence electrons. The van der Waals surface area contributed by atoms with Crippen LogP contribution in [0.3, 0.4) is 0 Å². The minimum absolute atomic E-state index is 0.0801. The van der Waals surface area contributed by atoms with Gasteiger partial charge in [0.25, 0.3) is 0 Å². The van der Waals surface area contributed by atoms with Crippen molar-refractivity contribution in [3.05, 3.63) is 35.8 Å². The van der Waals surface area contributed by atoms with Crippen molar-refractivity contribution in [3.8, 4) is 0 Å². The number of Topliss-reactive ketones (excluding diaryl/α,β-unsaturated/α-hetero) is 1.